The van der Waals surface area contributed by atoms with E-state index in [1.54, 1.807) is 12.1 Å². The van der Waals surface area contributed by atoms with Crippen molar-refractivity contribution in [2.45, 2.75) is 6.54 Å². The lowest BCUT2D eigenvalue weighted by atomic mass is 10.1. The van der Waals surface area contributed by atoms with Crippen LogP contribution < -0.4 is 0 Å². The molecule has 0 unspecified atom stereocenters. The molecular formula is C8H6BrNO. The zero-order valence-electron chi connectivity index (χ0n) is 5.71. The van der Waals surface area contributed by atoms with E-state index in [1.165, 1.54) is 0 Å². The number of fused-ring (bicyclic) bond motifs is 1. The van der Waals surface area contributed by atoms with Crippen LogP contribution in [-0.2, 0) is 6.54 Å². The summed E-state index contributed by atoms with van der Waals surface area (Å²) in [6.07, 6.45) is 1.82. The third-order valence-corrected chi connectivity index (χ3v) is 2.34. The molecule has 0 saturated heterocycles. The van der Waals surface area contributed by atoms with Gasteiger partial charge >= 0.3 is 0 Å². The zero-order valence-corrected chi connectivity index (χ0v) is 7.30. The third-order valence-electron chi connectivity index (χ3n) is 1.68. The molecule has 2 rings (SSSR count). The average molecular weight is 212 g/mol. The Kier molecular flexibility index (Phi) is 1.46. The topological polar surface area (TPSA) is 32.6 Å². The Morgan fingerprint density at radius 1 is 1.45 bits per heavy atom. The second-order valence-corrected chi connectivity index (χ2v) is 3.32. The molecule has 1 aliphatic heterocycles. The van der Waals surface area contributed by atoms with Gasteiger partial charge < -0.3 is 5.11 Å². The SMILES string of the molecule is Oc1cc(Br)c2c(c1)CN=C2. The van der Waals surface area contributed by atoms with Crippen LogP contribution in [0, 0.1) is 0 Å². The molecule has 1 aliphatic rings. The van der Waals surface area contributed by atoms with Crippen LogP contribution in [0.25, 0.3) is 0 Å². The molecule has 0 amide bonds. The summed E-state index contributed by atoms with van der Waals surface area (Å²) in [6, 6.07) is 3.42. The van der Waals surface area contributed by atoms with Crippen molar-refractivity contribution >= 4 is 22.1 Å². The molecule has 0 radical (unpaired) electrons. The number of rotatable bonds is 0. The molecule has 1 aromatic rings. The number of phenolic OH excluding ortho intramolecular Hbond substituents is 1. The fourth-order valence-corrected chi connectivity index (χ4v) is 1.76. The lowest BCUT2D eigenvalue weighted by Crippen LogP contribution is -1.84. The first-order chi connectivity index (χ1) is 5.27. The van der Waals surface area contributed by atoms with Crippen molar-refractivity contribution in [2.75, 3.05) is 0 Å². The first-order valence-electron chi connectivity index (χ1n) is 3.28. The summed E-state index contributed by atoms with van der Waals surface area (Å²) in [7, 11) is 0. The van der Waals surface area contributed by atoms with E-state index in [2.05, 4.69) is 20.9 Å². The van der Waals surface area contributed by atoms with Crippen molar-refractivity contribution in [3.8, 4) is 5.75 Å². The molecule has 0 atom stereocenters. The monoisotopic (exact) mass is 211 g/mol. The minimum Gasteiger partial charge on any atom is -0.508 e. The maximum absolute atomic E-state index is 9.19. The Morgan fingerprint density at radius 2 is 2.27 bits per heavy atom. The highest BCUT2D eigenvalue weighted by Gasteiger charge is 2.10. The highest BCUT2D eigenvalue weighted by atomic mass is 79.9. The van der Waals surface area contributed by atoms with E-state index in [0.717, 1.165) is 15.6 Å². The molecule has 0 fully saturated rings. The van der Waals surface area contributed by atoms with Gasteiger partial charge in [-0.3, -0.25) is 4.99 Å². The highest BCUT2D eigenvalue weighted by molar-refractivity contribution is 9.10. The van der Waals surface area contributed by atoms with Crippen molar-refractivity contribution in [2.24, 2.45) is 4.99 Å². The van der Waals surface area contributed by atoms with E-state index in [0.29, 0.717) is 12.3 Å². The number of aromatic hydroxyl groups is 1. The molecule has 3 heteroatoms. The minimum atomic E-state index is 0.293. The largest absolute Gasteiger partial charge is 0.508 e. The quantitative estimate of drug-likeness (QED) is 0.701. The molecule has 0 aromatic heterocycles. The van der Waals surface area contributed by atoms with Crippen LogP contribution in [0.2, 0.25) is 0 Å². The number of nitrogens with zero attached hydrogens (tertiary/aromatic N) is 1. The van der Waals surface area contributed by atoms with Gasteiger partial charge in [-0.25, -0.2) is 0 Å². The van der Waals surface area contributed by atoms with Gasteiger partial charge in [0, 0.05) is 16.3 Å². The lowest BCUT2D eigenvalue weighted by molar-refractivity contribution is 0.474. The fourth-order valence-electron chi connectivity index (χ4n) is 1.17. The Balaban J connectivity index is 2.67. The Morgan fingerprint density at radius 3 is 3.09 bits per heavy atom. The predicted molar refractivity (Wildman–Crippen MR) is 47.1 cm³/mol. The van der Waals surface area contributed by atoms with Crippen molar-refractivity contribution in [1.82, 2.24) is 0 Å². The van der Waals surface area contributed by atoms with Gasteiger partial charge in [0.25, 0.3) is 0 Å². The summed E-state index contributed by atoms with van der Waals surface area (Å²) in [5.41, 5.74) is 2.17. The second-order valence-electron chi connectivity index (χ2n) is 2.47. The van der Waals surface area contributed by atoms with E-state index < -0.39 is 0 Å². The van der Waals surface area contributed by atoms with Crippen LogP contribution in [0.5, 0.6) is 5.75 Å². The maximum Gasteiger partial charge on any atom is 0.117 e. The number of halogens is 1. The van der Waals surface area contributed by atoms with Crippen LogP contribution in [-0.4, -0.2) is 11.3 Å². The Hall–Kier alpha value is -0.830. The first kappa shape index (κ1) is 6.85. The molecule has 0 saturated carbocycles. The van der Waals surface area contributed by atoms with Crippen LogP contribution in [0.3, 0.4) is 0 Å². The van der Waals surface area contributed by atoms with Gasteiger partial charge in [-0.15, -0.1) is 0 Å². The maximum atomic E-state index is 9.19. The summed E-state index contributed by atoms with van der Waals surface area (Å²) in [5.74, 6) is 0.293. The van der Waals surface area contributed by atoms with Gasteiger partial charge in [-0.2, -0.15) is 0 Å². The summed E-state index contributed by atoms with van der Waals surface area (Å²) in [5, 5.41) is 9.19. The number of benzene rings is 1. The molecule has 0 bridgehead atoms. The third kappa shape index (κ3) is 1.05. The summed E-state index contributed by atoms with van der Waals surface area (Å²) in [6.45, 7) is 0.683. The number of hydrogen-bond donors (Lipinski definition) is 1. The first-order valence-corrected chi connectivity index (χ1v) is 4.08. The van der Waals surface area contributed by atoms with Crippen molar-refractivity contribution in [1.29, 1.82) is 0 Å². The number of hydrogen-bond acceptors (Lipinski definition) is 2. The molecule has 11 heavy (non-hydrogen) atoms. The molecule has 1 heterocycles. The van der Waals surface area contributed by atoms with Crippen molar-refractivity contribution in [3.63, 3.8) is 0 Å². The van der Waals surface area contributed by atoms with Crippen LogP contribution in [0.15, 0.2) is 21.6 Å². The molecule has 1 aromatic carbocycles. The summed E-state index contributed by atoms with van der Waals surface area (Å²) >= 11 is 3.35. The smallest absolute Gasteiger partial charge is 0.117 e. The lowest BCUT2D eigenvalue weighted by Gasteiger charge is -2.00. The predicted octanol–water partition coefficient (Wildman–Crippen LogP) is 2.09. The second kappa shape index (κ2) is 2.34. The van der Waals surface area contributed by atoms with E-state index >= 15 is 0 Å². The van der Waals surface area contributed by atoms with Gasteiger partial charge in [0.2, 0.25) is 0 Å². The Labute approximate surface area is 72.7 Å². The van der Waals surface area contributed by atoms with Crippen molar-refractivity contribution in [3.05, 3.63) is 27.7 Å². The summed E-state index contributed by atoms with van der Waals surface area (Å²) < 4.78 is 0.911. The van der Waals surface area contributed by atoms with Crippen molar-refractivity contribution < 1.29 is 5.11 Å². The van der Waals surface area contributed by atoms with Gasteiger partial charge in [-0.05, 0) is 33.6 Å². The molecule has 56 valence electrons. The fraction of sp³-hybridized carbons (Fsp3) is 0.125. The van der Waals surface area contributed by atoms with E-state index in [1.807, 2.05) is 6.21 Å². The van der Waals surface area contributed by atoms with Crippen LogP contribution in [0.4, 0.5) is 0 Å². The van der Waals surface area contributed by atoms with Gasteiger partial charge in [0.15, 0.2) is 0 Å². The number of aliphatic imine (C=N–C) groups is 1. The molecule has 0 spiro atoms. The molecule has 2 nitrogen and oxygen atoms in total. The normalized spacial score (nSPS) is 13.5. The Bertz CT molecular complexity index is 333. The van der Waals surface area contributed by atoms with Gasteiger partial charge in [0.05, 0.1) is 6.54 Å². The molecule has 1 N–H and O–H groups in total. The molecule has 0 aliphatic carbocycles. The highest BCUT2D eigenvalue weighted by Crippen LogP contribution is 2.28. The van der Waals surface area contributed by atoms with E-state index in [4.69, 9.17) is 0 Å². The molecular weight excluding hydrogens is 206 g/mol. The zero-order chi connectivity index (χ0) is 7.84. The van der Waals surface area contributed by atoms with Crippen LogP contribution >= 0.6 is 15.9 Å². The van der Waals surface area contributed by atoms with E-state index in [9.17, 15) is 5.11 Å². The average Bonchev–Trinajstić information content (AvgIpc) is 2.34. The van der Waals surface area contributed by atoms with E-state index in [-0.39, 0.29) is 0 Å². The van der Waals surface area contributed by atoms with Crippen LogP contribution in [0.1, 0.15) is 11.1 Å². The number of phenols is 1. The summed E-state index contributed by atoms with van der Waals surface area (Å²) in [4.78, 5) is 4.09. The standard InChI is InChI=1S/C8H6BrNO/c9-8-2-6(11)1-5-3-10-4-7(5)8/h1-2,4,11H,3H2. The minimum absolute atomic E-state index is 0.293. The van der Waals surface area contributed by atoms with Gasteiger partial charge in [-0.1, -0.05) is 0 Å². The van der Waals surface area contributed by atoms with Gasteiger partial charge in [0.1, 0.15) is 5.75 Å².